The molecule has 0 atom stereocenters. The van der Waals surface area contributed by atoms with Crippen LogP contribution in [0.1, 0.15) is 39.2 Å². The lowest BCUT2D eigenvalue weighted by atomic mass is 10.0. The Labute approximate surface area is 186 Å². The van der Waals surface area contributed by atoms with Crippen LogP contribution in [0.5, 0.6) is 0 Å². The number of hydrogen-bond acceptors (Lipinski definition) is 5. The van der Waals surface area contributed by atoms with E-state index >= 15 is 0 Å². The normalized spacial score (nSPS) is 19.8. The molecule has 0 radical (unpaired) electrons. The number of rotatable bonds is 6. The van der Waals surface area contributed by atoms with Crippen molar-refractivity contribution in [3.05, 3.63) is 34.9 Å². The van der Waals surface area contributed by atoms with E-state index in [1.165, 1.54) is 18.4 Å². The van der Waals surface area contributed by atoms with Crippen LogP contribution < -0.4 is 5.32 Å². The third-order valence-electron chi connectivity index (χ3n) is 5.79. The quantitative estimate of drug-likeness (QED) is 0.740. The number of carbonyl (C=O) groups excluding carboxylic acids is 1. The molecule has 0 aromatic heterocycles. The molecular formula is C23H37ClN4O2. The highest BCUT2D eigenvalue weighted by Crippen LogP contribution is 2.16. The Hall–Kier alpha value is -1.34. The van der Waals surface area contributed by atoms with E-state index in [9.17, 15) is 4.79 Å². The number of piperazine rings is 1. The first-order valence-corrected chi connectivity index (χ1v) is 11.6. The minimum absolute atomic E-state index is 0.189. The third-order valence-corrected chi connectivity index (χ3v) is 6.04. The summed E-state index contributed by atoms with van der Waals surface area (Å²) in [5.74, 6) is 0. The maximum absolute atomic E-state index is 12.2. The third kappa shape index (κ3) is 7.73. The number of carbonyl (C=O) groups is 1. The van der Waals surface area contributed by atoms with Crippen molar-refractivity contribution >= 4 is 17.7 Å². The summed E-state index contributed by atoms with van der Waals surface area (Å²) in [5.41, 5.74) is 0.902. The molecule has 1 N–H and O–H groups in total. The SMILES string of the molecule is CC(C)(C)OC(=O)N1CCN(CCNC2CCN(Cc3ccc(Cl)cc3)CC2)CC1. The first-order valence-electron chi connectivity index (χ1n) is 11.2. The van der Waals surface area contributed by atoms with Crippen LogP contribution in [0, 0.1) is 0 Å². The Kier molecular flexibility index (Phi) is 8.40. The number of likely N-dealkylation sites (tertiary alicyclic amines) is 1. The number of nitrogens with one attached hydrogen (secondary N) is 1. The number of hydrogen-bond donors (Lipinski definition) is 1. The summed E-state index contributed by atoms with van der Waals surface area (Å²) in [4.78, 5) is 18.9. The van der Waals surface area contributed by atoms with Gasteiger partial charge in [0.1, 0.15) is 5.60 Å². The molecule has 0 aliphatic carbocycles. The Morgan fingerprint density at radius 1 is 1.03 bits per heavy atom. The molecule has 0 unspecified atom stereocenters. The fraction of sp³-hybridized carbons (Fsp3) is 0.696. The number of halogens is 1. The molecule has 0 bridgehead atoms. The standard InChI is InChI=1S/C23H37ClN4O2/c1-23(2,3)30-22(29)28-16-14-26(15-17-28)13-10-25-21-8-11-27(12-9-21)18-19-4-6-20(24)7-5-19/h4-7,21,25H,8-18H2,1-3H3. The molecule has 7 heteroatoms. The molecule has 1 aromatic carbocycles. The highest BCUT2D eigenvalue weighted by molar-refractivity contribution is 6.30. The van der Waals surface area contributed by atoms with Gasteiger partial charge in [-0.2, -0.15) is 0 Å². The predicted molar refractivity (Wildman–Crippen MR) is 122 cm³/mol. The van der Waals surface area contributed by atoms with Crippen LogP contribution >= 0.6 is 11.6 Å². The molecule has 2 heterocycles. The molecular weight excluding hydrogens is 400 g/mol. The summed E-state index contributed by atoms with van der Waals surface area (Å²) in [6.45, 7) is 14.4. The van der Waals surface area contributed by atoms with E-state index in [1.54, 1.807) is 0 Å². The zero-order valence-electron chi connectivity index (χ0n) is 18.7. The summed E-state index contributed by atoms with van der Waals surface area (Å²) < 4.78 is 5.47. The number of piperidine rings is 1. The first-order chi connectivity index (χ1) is 14.3. The Bertz CT molecular complexity index is 661. The van der Waals surface area contributed by atoms with Gasteiger partial charge in [0.15, 0.2) is 0 Å². The molecule has 1 amide bonds. The van der Waals surface area contributed by atoms with E-state index in [1.807, 2.05) is 37.8 Å². The van der Waals surface area contributed by atoms with Crippen molar-refractivity contribution < 1.29 is 9.53 Å². The van der Waals surface area contributed by atoms with Crippen LogP contribution in [0.25, 0.3) is 0 Å². The zero-order chi connectivity index (χ0) is 21.6. The molecule has 0 spiro atoms. The highest BCUT2D eigenvalue weighted by atomic mass is 35.5. The van der Waals surface area contributed by atoms with E-state index < -0.39 is 5.60 Å². The minimum atomic E-state index is -0.428. The van der Waals surface area contributed by atoms with Crippen molar-refractivity contribution in [2.75, 3.05) is 52.4 Å². The van der Waals surface area contributed by atoms with Gasteiger partial charge in [-0.1, -0.05) is 23.7 Å². The van der Waals surface area contributed by atoms with Gasteiger partial charge in [-0.25, -0.2) is 4.79 Å². The van der Waals surface area contributed by atoms with Crippen LogP contribution in [0.2, 0.25) is 5.02 Å². The maximum Gasteiger partial charge on any atom is 0.410 e. The molecule has 2 fully saturated rings. The van der Waals surface area contributed by atoms with Crippen molar-refractivity contribution in [1.29, 1.82) is 0 Å². The largest absolute Gasteiger partial charge is 0.444 e. The van der Waals surface area contributed by atoms with Crippen LogP contribution in [-0.4, -0.2) is 84.8 Å². The van der Waals surface area contributed by atoms with Crippen molar-refractivity contribution in [2.45, 2.75) is 51.8 Å². The Morgan fingerprint density at radius 2 is 1.67 bits per heavy atom. The second kappa shape index (κ2) is 10.8. The molecule has 1 aromatic rings. The number of nitrogens with zero attached hydrogens (tertiary/aromatic N) is 3. The van der Waals surface area contributed by atoms with Crippen LogP contribution in [-0.2, 0) is 11.3 Å². The second-order valence-electron chi connectivity index (χ2n) is 9.44. The molecule has 168 valence electrons. The van der Waals surface area contributed by atoms with Gasteiger partial charge < -0.3 is 15.0 Å². The summed E-state index contributed by atoms with van der Waals surface area (Å²) >= 11 is 5.97. The van der Waals surface area contributed by atoms with Gasteiger partial charge in [0, 0.05) is 56.9 Å². The van der Waals surface area contributed by atoms with E-state index in [-0.39, 0.29) is 6.09 Å². The lowest BCUT2D eigenvalue weighted by Crippen LogP contribution is -2.51. The zero-order valence-corrected chi connectivity index (χ0v) is 19.5. The summed E-state index contributed by atoms with van der Waals surface area (Å²) in [6, 6.07) is 8.79. The molecule has 30 heavy (non-hydrogen) atoms. The van der Waals surface area contributed by atoms with E-state index in [4.69, 9.17) is 16.3 Å². The number of benzene rings is 1. The van der Waals surface area contributed by atoms with Crippen molar-refractivity contribution in [3.8, 4) is 0 Å². The summed E-state index contributed by atoms with van der Waals surface area (Å²) in [6.07, 6.45) is 2.20. The Morgan fingerprint density at radius 3 is 2.27 bits per heavy atom. The fourth-order valence-corrected chi connectivity index (χ4v) is 4.18. The van der Waals surface area contributed by atoms with Gasteiger partial charge >= 0.3 is 6.09 Å². The average Bonchev–Trinajstić information content (AvgIpc) is 2.70. The fourth-order valence-electron chi connectivity index (χ4n) is 4.05. The Balaban J connectivity index is 1.27. The summed E-state index contributed by atoms with van der Waals surface area (Å²) in [5, 5.41) is 4.53. The maximum atomic E-state index is 12.2. The molecule has 2 saturated heterocycles. The van der Waals surface area contributed by atoms with E-state index in [0.717, 1.165) is 63.9 Å². The topological polar surface area (TPSA) is 48.1 Å². The minimum Gasteiger partial charge on any atom is -0.444 e. The predicted octanol–water partition coefficient (Wildman–Crippen LogP) is 3.45. The highest BCUT2D eigenvalue weighted by Gasteiger charge is 2.26. The van der Waals surface area contributed by atoms with Gasteiger partial charge in [-0.05, 0) is 64.4 Å². The second-order valence-corrected chi connectivity index (χ2v) is 9.88. The van der Waals surface area contributed by atoms with Gasteiger partial charge in [0.05, 0.1) is 0 Å². The molecule has 2 aliphatic rings. The van der Waals surface area contributed by atoms with E-state index in [0.29, 0.717) is 6.04 Å². The van der Waals surface area contributed by atoms with Gasteiger partial charge in [-0.15, -0.1) is 0 Å². The van der Waals surface area contributed by atoms with Crippen molar-refractivity contribution in [2.24, 2.45) is 0 Å². The smallest absolute Gasteiger partial charge is 0.410 e. The first kappa shape index (κ1) is 23.3. The molecule has 2 aliphatic heterocycles. The average molecular weight is 437 g/mol. The lowest BCUT2D eigenvalue weighted by molar-refractivity contribution is 0.0145. The monoisotopic (exact) mass is 436 g/mol. The number of amides is 1. The van der Waals surface area contributed by atoms with Crippen LogP contribution in [0.15, 0.2) is 24.3 Å². The summed E-state index contributed by atoms with van der Waals surface area (Å²) in [7, 11) is 0. The molecule has 6 nitrogen and oxygen atoms in total. The van der Waals surface area contributed by atoms with Gasteiger partial charge in [-0.3, -0.25) is 9.80 Å². The van der Waals surface area contributed by atoms with Gasteiger partial charge in [0.25, 0.3) is 0 Å². The number of ether oxygens (including phenoxy) is 1. The lowest BCUT2D eigenvalue weighted by Gasteiger charge is -2.36. The van der Waals surface area contributed by atoms with Crippen molar-refractivity contribution in [1.82, 2.24) is 20.0 Å². The molecule has 3 rings (SSSR count). The van der Waals surface area contributed by atoms with Crippen LogP contribution in [0.3, 0.4) is 0 Å². The van der Waals surface area contributed by atoms with Gasteiger partial charge in [0.2, 0.25) is 0 Å². The van der Waals surface area contributed by atoms with E-state index in [2.05, 4.69) is 27.2 Å². The molecule has 0 saturated carbocycles. The van der Waals surface area contributed by atoms with Crippen LogP contribution in [0.4, 0.5) is 4.79 Å². The van der Waals surface area contributed by atoms with Crippen molar-refractivity contribution in [3.63, 3.8) is 0 Å².